The van der Waals surface area contributed by atoms with E-state index in [4.69, 9.17) is 4.74 Å². The number of carbonyl (C=O) groups excluding carboxylic acids is 1. The maximum absolute atomic E-state index is 11.5. The molecule has 0 aromatic carbocycles. The Morgan fingerprint density at radius 1 is 1.59 bits per heavy atom. The lowest BCUT2D eigenvalue weighted by molar-refractivity contribution is -0.135. The van der Waals surface area contributed by atoms with Crippen molar-refractivity contribution in [1.29, 1.82) is 0 Å². The van der Waals surface area contributed by atoms with Gasteiger partial charge in [-0.15, -0.1) is 10.2 Å². The van der Waals surface area contributed by atoms with Crippen LogP contribution >= 0.6 is 0 Å². The first-order valence-electron chi connectivity index (χ1n) is 5.29. The van der Waals surface area contributed by atoms with Crippen LogP contribution in [0, 0.1) is 0 Å². The predicted molar refractivity (Wildman–Crippen MR) is 62.2 cm³/mol. The molecule has 0 aliphatic carbocycles. The second-order valence-electron chi connectivity index (χ2n) is 3.65. The summed E-state index contributed by atoms with van der Waals surface area (Å²) >= 11 is 0. The highest BCUT2D eigenvalue weighted by Gasteiger charge is 2.32. The van der Waals surface area contributed by atoms with E-state index in [1.54, 1.807) is 19.2 Å². The summed E-state index contributed by atoms with van der Waals surface area (Å²) in [7, 11) is 0. The van der Waals surface area contributed by atoms with E-state index >= 15 is 0 Å². The van der Waals surface area contributed by atoms with Crippen LogP contribution in [0.2, 0.25) is 0 Å². The van der Waals surface area contributed by atoms with Gasteiger partial charge >= 0.3 is 5.97 Å². The van der Waals surface area contributed by atoms with Crippen molar-refractivity contribution in [3.05, 3.63) is 23.9 Å². The minimum absolute atomic E-state index is 0.104. The molecule has 1 N–H and O–H groups in total. The number of nitrogens with zero attached hydrogens (tertiary/aromatic N) is 3. The van der Waals surface area contributed by atoms with Crippen molar-refractivity contribution in [3.8, 4) is 0 Å². The summed E-state index contributed by atoms with van der Waals surface area (Å²) < 4.78 is 4.79. The van der Waals surface area contributed by atoms with Crippen molar-refractivity contribution in [2.75, 3.05) is 6.61 Å². The fraction of sp³-hybridized carbons (Fsp3) is 0.364. The normalized spacial score (nSPS) is 22.4. The number of allylic oxidation sites excluding steroid dienone is 2. The van der Waals surface area contributed by atoms with E-state index < -0.39 is 12.2 Å². The Morgan fingerprint density at radius 3 is 3.06 bits per heavy atom. The number of carbonyl (C=O) groups is 1. The number of amidine groups is 1. The Kier molecular flexibility index (Phi) is 3.06. The summed E-state index contributed by atoms with van der Waals surface area (Å²) in [6.07, 6.45) is 4.10. The van der Waals surface area contributed by atoms with Crippen LogP contribution in [-0.4, -0.2) is 40.4 Å². The molecule has 2 rings (SSSR count). The molecule has 6 nitrogen and oxygen atoms in total. The number of hydrogen-bond donors (Lipinski definition) is 1. The molecule has 2 aliphatic heterocycles. The zero-order valence-corrected chi connectivity index (χ0v) is 9.62. The number of aliphatic hydroxyl groups is 1. The maximum Gasteiger partial charge on any atom is 0.359 e. The summed E-state index contributed by atoms with van der Waals surface area (Å²) in [4.78, 5) is 13.0. The molecule has 2 heterocycles. The van der Waals surface area contributed by atoms with Crippen LogP contribution in [0.3, 0.4) is 0 Å². The number of ether oxygens (including phenoxy) is 1. The van der Waals surface area contributed by atoms with Crippen molar-refractivity contribution >= 4 is 17.5 Å². The lowest BCUT2D eigenvalue weighted by Crippen LogP contribution is -2.47. The number of rotatable bonds is 2. The molecule has 1 atom stereocenters. The zero-order chi connectivity index (χ0) is 12.4. The third-order valence-electron chi connectivity index (χ3n) is 2.37. The summed E-state index contributed by atoms with van der Waals surface area (Å²) in [5, 5.41) is 17.6. The van der Waals surface area contributed by atoms with Gasteiger partial charge in [0.2, 0.25) is 0 Å². The third kappa shape index (κ3) is 2.12. The first-order chi connectivity index (χ1) is 8.13. The van der Waals surface area contributed by atoms with Gasteiger partial charge < -0.3 is 9.84 Å². The molecule has 17 heavy (non-hydrogen) atoms. The average molecular weight is 235 g/mol. The quantitative estimate of drug-likeness (QED) is 0.703. The minimum Gasteiger partial charge on any atom is -0.461 e. The fourth-order valence-electron chi connectivity index (χ4n) is 1.53. The lowest BCUT2D eigenvalue weighted by atomic mass is 10.1. The van der Waals surface area contributed by atoms with Crippen LogP contribution in [0.4, 0.5) is 0 Å². The number of aliphatic hydroxyl groups excluding tert-OH is 1. The van der Waals surface area contributed by atoms with Crippen LogP contribution in [0.15, 0.2) is 34.1 Å². The molecule has 6 heteroatoms. The van der Waals surface area contributed by atoms with E-state index in [1.165, 1.54) is 4.90 Å². The molecular weight excluding hydrogens is 222 g/mol. The van der Waals surface area contributed by atoms with E-state index in [1.807, 2.05) is 13.0 Å². The molecule has 90 valence electrons. The fourth-order valence-corrected chi connectivity index (χ4v) is 1.53. The standard InChI is InChI=1S/C11H13N3O3/c1-3-17-11(16)9-10(15)14-5-4-7(2)6-8(14)12-13-9/h4-6,10,15H,3H2,1-2H3/t10-/m1/s1. The van der Waals surface area contributed by atoms with Gasteiger partial charge in [0, 0.05) is 6.20 Å². The van der Waals surface area contributed by atoms with Gasteiger partial charge in [-0.25, -0.2) is 4.79 Å². The first kappa shape index (κ1) is 11.5. The van der Waals surface area contributed by atoms with Crippen LogP contribution in [-0.2, 0) is 9.53 Å². The average Bonchev–Trinajstić information content (AvgIpc) is 2.29. The predicted octanol–water partition coefficient (Wildman–Crippen LogP) is 0.412. The maximum atomic E-state index is 11.5. The highest BCUT2D eigenvalue weighted by Crippen LogP contribution is 2.16. The van der Waals surface area contributed by atoms with Crippen LogP contribution in [0.25, 0.3) is 0 Å². The molecule has 0 unspecified atom stereocenters. The number of hydrogen-bond acceptors (Lipinski definition) is 6. The van der Waals surface area contributed by atoms with Gasteiger partial charge in [0.1, 0.15) is 0 Å². The van der Waals surface area contributed by atoms with Crippen molar-refractivity contribution < 1.29 is 14.6 Å². The summed E-state index contributed by atoms with van der Waals surface area (Å²) in [6, 6.07) is 0. The van der Waals surface area contributed by atoms with Gasteiger partial charge in [-0.05, 0) is 31.6 Å². The first-order valence-corrected chi connectivity index (χ1v) is 5.29. The van der Waals surface area contributed by atoms with E-state index in [-0.39, 0.29) is 12.3 Å². The van der Waals surface area contributed by atoms with Crippen molar-refractivity contribution in [2.45, 2.75) is 20.1 Å². The summed E-state index contributed by atoms with van der Waals surface area (Å²) in [5.41, 5.74) is 0.898. The Bertz CT molecular complexity index is 463. The second kappa shape index (κ2) is 4.50. The van der Waals surface area contributed by atoms with Crippen molar-refractivity contribution in [2.24, 2.45) is 10.2 Å². The molecule has 0 amide bonds. The molecule has 0 bridgehead atoms. The molecule has 0 radical (unpaired) electrons. The largest absolute Gasteiger partial charge is 0.461 e. The Morgan fingerprint density at radius 2 is 2.35 bits per heavy atom. The highest BCUT2D eigenvalue weighted by molar-refractivity contribution is 6.39. The molecular formula is C11H13N3O3. The molecule has 0 spiro atoms. The molecule has 2 aliphatic rings. The van der Waals surface area contributed by atoms with Crippen molar-refractivity contribution in [1.82, 2.24) is 4.90 Å². The lowest BCUT2D eigenvalue weighted by Gasteiger charge is -2.30. The van der Waals surface area contributed by atoms with E-state index in [9.17, 15) is 9.90 Å². The number of esters is 1. The molecule has 0 saturated heterocycles. The van der Waals surface area contributed by atoms with E-state index in [0.29, 0.717) is 5.84 Å². The van der Waals surface area contributed by atoms with Crippen LogP contribution in [0.1, 0.15) is 13.8 Å². The van der Waals surface area contributed by atoms with Gasteiger partial charge in [-0.1, -0.05) is 0 Å². The topological polar surface area (TPSA) is 74.5 Å². The van der Waals surface area contributed by atoms with Gasteiger partial charge in [-0.2, -0.15) is 0 Å². The van der Waals surface area contributed by atoms with Crippen LogP contribution in [0.5, 0.6) is 0 Å². The molecule has 0 fully saturated rings. The Balaban J connectivity index is 2.28. The highest BCUT2D eigenvalue weighted by atomic mass is 16.5. The van der Waals surface area contributed by atoms with Gasteiger partial charge in [0.15, 0.2) is 17.8 Å². The molecule has 0 saturated carbocycles. The van der Waals surface area contributed by atoms with Crippen molar-refractivity contribution in [3.63, 3.8) is 0 Å². The Labute approximate surface area is 98.6 Å². The van der Waals surface area contributed by atoms with Gasteiger partial charge in [0.25, 0.3) is 0 Å². The number of fused-ring (bicyclic) bond motifs is 1. The third-order valence-corrected chi connectivity index (χ3v) is 2.37. The van der Waals surface area contributed by atoms with E-state index in [0.717, 1.165) is 5.57 Å². The monoisotopic (exact) mass is 235 g/mol. The van der Waals surface area contributed by atoms with Gasteiger partial charge in [0.05, 0.1) is 6.61 Å². The minimum atomic E-state index is -1.15. The second-order valence-corrected chi connectivity index (χ2v) is 3.65. The van der Waals surface area contributed by atoms with E-state index in [2.05, 4.69) is 10.2 Å². The molecule has 0 aromatic rings. The smallest absolute Gasteiger partial charge is 0.359 e. The molecule has 0 aromatic heterocycles. The SMILES string of the molecule is CCOC(=O)C1=NN=C2C=C(C)C=CN2[C@@H]1O. The summed E-state index contributed by atoms with van der Waals surface area (Å²) in [6.45, 7) is 3.83. The Hall–Kier alpha value is -1.95. The summed E-state index contributed by atoms with van der Waals surface area (Å²) in [5.74, 6) is -0.145. The zero-order valence-electron chi connectivity index (χ0n) is 9.62. The van der Waals surface area contributed by atoms with Crippen LogP contribution < -0.4 is 0 Å². The van der Waals surface area contributed by atoms with Gasteiger partial charge in [-0.3, -0.25) is 4.90 Å².